The van der Waals surface area contributed by atoms with E-state index in [0.717, 1.165) is 22.9 Å². The Bertz CT molecular complexity index is 1620. The maximum Gasteiger partial charge on any atom is 0.230 e. The van der Waals surface area contributed by atoms with E-state index in [9.17, 15) is 13.7 Å². The predicted molar refractivity (Wildman–Crippen MR) is 146 cm³/mol. The molecule has 0 saturated heterocycles. The van der Waals surface area contributed by atoms with Gasteiger partial charge in [0.15, 0.2) is 11.4 Å². The third kappa shape index (κ3) is 5.93. The highest BCUT2D eigenvalue weighted by Gasteiger charge is 2.26. The first-order valence-corrected chi connectivity index (χ1v) is 14.0. The molecule has 0 unspecified atom stereocenters. The molecule has 37 heavy (non-hydrogen) atoms. The SMILES string of the molecule is CC(C)(c1ccc(-c2cnc3nc(NS(C)(=O)=O)ccc3n2)cc1)c1cc(Cl)c(OCCCl)c(C#N)c1. The molecular formula is C26H23Cl2N5O3S. The van der Waals surface area contributed by atoms with Crippen LogP contribution in [0.4, 0.5) is 5.82 Å². The monoisotopic (exact) mass is 555 g/mol. The van der Waals surface area contributed by atoms with Crippen LogP contribution >= 0.6 is 23.2 Å². The topological polar surface area (TPSA) is 118 Å². The number of sulfonamides is 1. The van der Waals surface area contributed by atoms with E-state index in [1.807, 2.05) is 30.3 Å². The van der Waals surface area contributed by atoms with E-state index in [1.165, 1.54) is 0 Å². The highest BCUT2D eigenvalue weighted by Crippen LogP contribution is 2.38. The predicted octanol–water partition coefficient (Wildman–Crippen LogP) is 5.53. The van der Waals surface area contributed by atoms with Gasteiger partial charge in [-0.15, -0.1) is 11.6 Å². The molecule has 0 aliphatic heterocycles. The molecule has 8 nitrogen and oxygen atoms in total. The van der Waals surface area contributed by atoms with E-state index in [4.69, 9.17) is 27.9 Å². The van der Waals surface area contributed by atoms with Crippen molar-refractivity contribution in [3.8, 4) is 23.1 Å². The number of nitrogens with zero attached hydrogens (tertiary/aromatic N) is 4. The molecule has 0 aliphatic carbocycles. The van der Waals surface area contributed by atoms with Crippen molar-refractivity contribution in [1.29, 1.82) is 5.26 Å². The van der Waals surface area contributed by atoms with Crippen LogP contribution in [0.2, 0.25) is 5.02 Å². The number of hydrogen-bond donors (Lipinski definition) is 1. The van der Waals surface area contributed by atoms with Crippen LogP contribution < -0.4 is 9.46 Å². The van der Waals surface area contributed by atoms with Gasteiger partial charge in [0.2, 0.25) is 10.0 Å². The van der Waals surface area contributed by atoms with Gasteiger partial charge in [0.05, 0.1) is 34.6 Å². The van der Waals surface area contributed by atoms with Gasteiger partial charge in [0.1, 0.15) is 24.0 Å². The Morgan fingerprint density at radius 3 is 2.46 bits per heavy atom. The maximum absolute atomic E-state index is 11.4. The molecule has 2 heterocycles. The van der Waals surface area contributed by atoms with Crippen molar-refractivity contribution < 1.29 is 13.2 Å². The summed E-state index contributed by atoms with van der Waals surface area (Å²) in [5.41, 5.74) is 4.15. The Balaban J connectivity index is 1.62. The molecule has 11 heteroatoms. The summed E-state index contributed by atoms with van der Waals surface area (Å²) in [6.07, 6.45) is 2.65. The molecule has 4 aromatic rings. The van der Waals surface area contributed by atoms with Gasteiger partial charge in [0.25, 0.3) is 0 Å². The average molecular weight is 556 g/mol. The van der Waals surface area contributed by atoms with Crippen molar-refractivity contribution in [2.75, 3.05) is 23.5 Å². The average Bonchev–Trinajstić information content (AvgIpc) is 2.86. The molecule has 2 aromatic heterocycles. The first-order chi connectivity index (χ1) is 17.5. The summed E-state index contributed by atoms with van der Waals surface area (Å²) in [4.78, 5) is 13.2. The van der Waals surface area contributed by atoms with Crippen molar-refractivity contribution in [1.82, 2.24) is 15.0 Å². The fraction of sp³-hybridized carbons (Fsp3) is 0.231. The van der Waals surface area contributed by atoms with Crippen LogP contribution in [0.5, 0.6) is 5.75 Å². The van der Waals surface area contributed by atoms with Crippen LogP contribution in [-0.2, 0) is 15.4 Å². The van der Waals surface area contributed by atoms with Crippen LogP contribution in [-0.4, -0.2) is 42.1 Å². The van der Waals surface area contributed by atoms with E-state index in [2.05, 4.69) is 39.6 Å². The smallest absolute Gasteiger partial charge is 0.230 e. The maximum atomic E-state index is 11.4. The van der Waals surface area contributed by atoms with E-state index < -0.39 is 15.4 Å². The number of benzene rings is 2. The second-order valence-corrected chi connectivity index (χ2v) is 11.4. The van der Waals surface area contributed by atoms with Crippen LogP contribution in [0, 0.1) is 11.3 Å². The Hall–Kier alpha value is -3.45. The molecule has 0 spiro atoms. The van der Waals surface area contributed by atoms with Gasteiger partial charge in [-0.3, -0.25) is 4.72 Å². The lowest BCUT2D eigenvalue weighted by Crippen LogP contribution is -2.19. The van der Waals surface area contributed by atoms with Gasteiger partial charge in [-0.25, -0.2) is 23.4 Å². The van der Waals surface area contributed by atoms with Crippen molar-refractivity contribution in [2.24, 2.45) is 0 Å². The highest BCUT2D eigenvalue weighted by atomic mass is 35.5. The van der Waals surface area contributed by atoms with E-state index in [0.29, 0.717) is 39.1 Å². The number of ether oxygens (including phenoxy) is 1. The molecular weight excluding hydrogens is 533 g/mol. The third-order valence-corrected chi connectivity index (χ3v) is 6.82. The quantitative estimate of drug-likeness (QED) is 0.284. The lowest BCUT2D eigenvalue weighted by Gasteiger charge is -2.27. The van der Waals surface area contributed by atoms with Gasteiger partial charge < -0.3 is 4.74 Å². The molecule has 2 aromatic carbocycles. The largest absolute Gasteiger partial charge is 0.489 e. The number of anilines is 1. The molecule has 0 amide bonds. The number of hydrogen-bond acceptors (Lipinski definition) is 7. The molecule has 0 radical (unpaired) electrons. The van der Waals surface area contributed by atoms with Crippen molar-refractivity contribution >= 4 is 50.2 Å². The van der Waals surface area contributed by atoms with Gasteiger partial charge in [-0.1, -0.05) is 49.7 Å². The fourth-order valence-electron chi connectivity index (χ4n) is 3.84. The molecule has 0 bridgehead atoms. The highest BCUT2D eigenvalue weighted by molar-refractivity contribution is 7.92. The molecule has 0 aliphatic rings. The minimum Gasteiger partial charge on any atom is -0.489 e. The van der Waals surface area contributed by atoms with Crippen LogP contribution in [0.1, 0.15) is 30.5 Å². The molecule has 0 atom stereocenters. The zero-order valence-electron chi connectivity index (χ0n) is 20.3. The summed E-state index contributed by atoms with van der Waals surface area (Å²) in [6.45, 7) is 4.36. The number of rotatable bonds is 8. The first-order valence-electron chi connectivity index (χ1n) is 11.2. The number of aromatic nitrogens is 3. The second-order valence-electron chi connectivity index (χ2n) is 8.86. The van der Waals surface area contributed by atoms with E-state index in [-0.39, 0.29) is 12.4 Å². The number of fused-ring (bicyclic) bond motifs is 1. The van der Waals surface area contributed by atoms with Gasteiger partial charge in [-0.2, -0.15) is 5.26 Å². The van der Waals surface area contributed by atoms with Crippen LogP contribution in [0.15, 0.2) is 54.7 Å². The normalized spacial score (nSPS) is 11.8. The summed E-state index contributed by atoms with van der Waals surface area (Å²) in [7, 11) is -3.44. The minimum absolute atomic E-state index is 0.182. The zero-order chi connectivity index (χ0) is 26.8. The van der Waals surface area contributed by atoms with Crippen LogP contribution in [0.25, 0.3) is 22.4 Å². The van der Waals surface area contributed by atoms with Crippen molar-refractivity contribution in [3.63, 3.8) is 0 Å². The number of nitrogens with one attached hydrogen (secondary N) is 1. The van der Waals surface area contributed by atoms with Gasteiger partial charge in [-0.05, 0) is 35.4 Å². The number of alkyl halides is 1. The standard InChI is InChI=1S/C26H23Cl2N5O3S/c1-26(2,19-12-17(14-29)24(20(28)13-19)36-11-10-27)18-6-4-16(5-7-18)22-15-30-25-21(31-22)8-9-23(32-25)33-37(3,34)35/h4-9,12-13,15H,10-11H2,1-3H3,(H,30,32,33). The number of nitriles is 1. The van der Waals surface area contributed by atoms with Gasteiger partial charge >= 0.3 is 0 Å². The fourth-order valence-corrected chi connectivity index (χ4v) is 4.68. The molecule has 190 valence electrons. The number of pyridine rings is 1. The lowest BCUT2D eigenvalue weighted by molar-refractivity contribution is 0.341. The lowest BCUT2D eigenvalue weighted by atomic mass is 9.77. The molecule has 1 N–H and O–H groups in total. The summed E-state index contributed by atoms with van der Waals surface area (Å²) >= 11 is 12.2. The van der Waals surface area contributed by atoms with Gasteiger partial charge in [0, 0.05) is 11.0 Å². The van der Waals surface area contributed by atoms with Crippen molar-refractivity contribution in [3.05, 3.63) is 76.4 Å². The summed E-state index contributed by atoms with van der Waals surface area (Å²) in [6, 6.07) is 16.9. The van der Waals surface area contributed by atoms with Crippen LogP contribution in [0.3, 0.4) is 0 Å². The Labute approximate surface area is 225 Å². The summed E-state index contributed by atoms with van der Waals surface area (Å²) in [5.74, 6) is 0.811. The summed E-state index contributed by atoms with van der Waals surface area (Å²) in [5, 5.41) is 10.00. The number of halogens is 2. The summed E-state index contributed by atoms with van der Waals surface area (Å²) < 4.78 is 30.8. The minimum atomic E-state index is -3.44. The van der Waals surface area contributed by atoms with E-state index in [1.54, 1.807) is 24.4 Å². The van der Waals surface area contributed by atoms with E-state index >= 15 is 0 Å². The molecule has 0 saturated carbocycles. The third-order valence-electron chi connectivity index (χ3n) is 5.81. The second kappa shape index (κ2) is 10.5. The Morgan fingerprint density at radius 2 is 1.81 bits per heavy atom. The Kier molecular flexibility index (Phi) is 7.55. The first kappa shape index (κ1) is 26.6. The molecule has 0 fully saturated rings. The van der Waals surface area contributed by atoms with Crippen molar-refractivity contribution in [2.45, 2.75) is 19.3 Å². The zero-order valence-corrected chi connectivity index (χ0v) is 22.6. The Morgan fingerprint density at radius 1 is 1.08 bits per heavy atom. The molecule has 4 rings (SSSR count).